The van der Waals surface area contributed by atoms with Crippen LogP contribution in [0.25, 0.3) is 10.1 Å². The summed E-state index contributed by atoms with van der Waals surface area (Å²) in [5.74, 6) is 1.53. The second kappa shape index (κ2) is 11.7. The molecule has 6 nitrogen and oxygen atoms in total. The number of aliphatic imine (C=N–C) groups is 1. The molecule has 1 unspecified atom stereocenters. The molecule has 0 aliphatic rings. The van der Waals surface area contributed by atoms with Gasteiger partial charge < -0.3 is 25.4 Å². The molecule has 0 bridgehead atoms. The van der Waals surface area contributed by atoms with Gasteiger partial charge in [-0.1, -0.05) is 36.4 Å². The van der Waals surface area contributed by atoms with Crippen molar-refractivity contribution >= 4 is 27.4 Å². The van der Waals surface area contributed by atoms with Crippen LogP contribution in [-0.4, -0.2) is 56.3 Å². The Labute approximate surface area is 188 Å². The predicted octanol–water partition coefficient (Wildman–Crippen LogP) is 3.63. The molecule has 7 heteroatoms. The van der Waals surface area contributed by atoms with E-state index < -0.39 is 6.10 Å². The minimum Gasteiger partial charge on any atom is -0.492 e. The summed E-state index contributed by atoms with van der Waals surface area (Å²) in [7, 11) is 4.06. The molecule has 1 atom stereocenters. The van der Waals surface area contributed by atoms with E-state index in [1.165, 1.54) is 4.70 Å². The molecule has 0 saturated heterocycles. The second-order valence-corrected chi connectivity index (χ2v) is 8.65. The first-order valence-electron chi connectivity index (χ1n) is 10.6. The van der Waals surface area contributed by atoms with Gasteiger partial charge in [-0.05, 0) is 44.6 Å². The summed E-state index contributed by atoms with van der Waals surface area (Å²) in [6.07, 6.45) is -0.595. The van der Waals surface area contributed by atoms with E-state index >= 15 is 0 Å². The van der Waals surface area contributed by atoms with Crippen LogP contribution in [0.15, 0.2) is 59.6 Å². The van der Waals surface area contributed by atoms with Gasteiger partial charge in [-0.15, -0.1) is 11.3 Å². The van der Waals surface area contributed by atoms with Crippen LogP contribution in [0, 0.1) is 0 Å². The molecule has 1 heterocycles. The molecule has 0 radical (unpaired) electrons. The number of guanidine groups is 1. The Hall–Kier alpha value is -2.61. The lowest BCUT2D eigenvalue weighted by molar-refractivity contribution is 0.184. The molecular weight excluding hydrogens is 408 g/mol. The number of rotatable bonds is 10. The Morgan fingerprint density at radius 3 is 2.68 bits per heavy atom. The topological polar surface area (TPSA) is 69.1 Å². The number of aliphatic hydroxyl groups is 1. The molecule has 0 aliphatic heterocycles. The van der Waals surface area contributed by atoms with Crippen molar-refractivity contribution in [2.45, 2.75) is 19.6 Å². The van der Waals surface area contributed by atoms with E-state index in [-0.39, 0.29) is 0 Å². The molecule has 1 aromatic heterocycles. The van der Waals surface area contributed by atoms with Crippen LogP contribution in [-0.2, 0) is 6.54 Å². The first-order valence-corrected chi connectivity index (χ1v) is 11.4. The minimum atomic E-state index is -0.595. The van der Waals surface area contributed by atoms with Crippen LogP contribution in [0.2, 0.25) is 0 Å². The Bertz CT molecular complexity index is 953. The van der Waals surface area contributed by atoms with E-state index in [1.807, 2.05) is 57.4 Å². The van der Waals surface area contributed by atoms with E-state index in [0.717, 1.165) is 34.7 Å². The van der Waals surface area contributed by atoms with Crippen molar-refractivity contribution in [1.29, 1.82) is 0 Å². The minimum absolute atomic E-state index is 0.389. The smallest absolute Gasteiger partial charge is 0.191 e. The number of likely N-dealkylation sites (N-methyl/N-ethyl adjacent to an activating group) is 1. The fourth-order valence-corrected chi connectivity index (χ4v) is 4.13. The zero-order chi connectivity index (χ0) is 22.1. The third kappa shape index (κ3) is 6.95. The Kier molecular flexibility index (Phi) is 8.70. The molecule has 0 saturated carbocycles. The molecular formula is C24H32N4O2S. The van der Waals surface area contributed by atoms with Crippen molar-refractivity contribution in [3.8, 4) is 5.75 Å². The highest BCUT2D eigenvalue weighted by Crippen LogP contribution is 2.29. The standard InChI is InChI=1S/C24H32N4O2S/c1-4-25-24(26-16-19-10-5-7-11-21(19)30-14-13-28(2)3)27-17-20(29)23-15-18-9-6-8-12-22(18)31-23/h5-12,15,20,29H,4,13-14,16-17H2,1-3H3,(H2,25,26,27). The highest BCUT2D eigenvalue weighted by Gasteiger charge is 2.12. The fourth-order valence-electron chi connectivity index (χ4n) is 3.08. The van der Waals surface area contributed by atoms with Gasteiger partial charge in [0.25, 0.3) is 0 Å². The number of nitrogens with one attached hydrogen (secondary N) is 2. The number of hydrogen-bond donors (Lipinski definition) is 3. The zero-order valence-electron chi connectivity index (χ0n) is 18.5. The Morgan fingerprint density at radius 2 is 1.90 bits per heavy atom. The Balaban J connectivity index is 1.61. The van der Waals surface area contributed by atoms with Gasteiger partial charge in [-0.25, -0.2) is 4.99 Å². The lowest BCUT2D eigenvalue weighted by atomic mass is 10.2. The second-order valence-electron chi connectivity index (χ2n) is 7.54. The van der Waals surface area contributed by atoms with Gasteiger partial charge in [0.15, 0.2) is 5.96 Å². The molecule has 0 aliphatic carbocycles. The molecule has 0 amide bonds. The van der Waals surface area contributed by atoms with Crippen LogP contribution in [0.4, 0.5) is 0 Å². The first kappa shape index (κ1) is 23.1. The number of fused-ring (bicyclic) bond motifs is 1. The number of thiophene rings is 1. The highest BCUT2D eigenvalue weighted by atomic mass is 32.1. The normalized spacial score (nSPS) is 12.9. The molecule has 31 heavy (non-hydrogen) atoms. The van der Waals surface area contributed by atoms with Gasteiger partial charge in [-0.2, -0.15) is 0 Å². The van der Waals surface area contributed by atoms with E-state index in [0.29, 0.717) is 25.7 Å². The molecule has 166 valence electrons. The van der Waals surface area contributed by atoms with Gasteiger partial charge in [0, 0.05) is 34.8 Å². The average molecular weight is 441 g/mol. The SMILES string of the molecule is CCNC(=NCc1ccccc1OCCN(C)C)NCC(O)c1cc2ccccc2s1. The summed E-state index contributed by atoms with van der Waals surface area (Å²) >= 11 is 1.62. The number of ether oxygens (including phenoxy) is 1. The monoisotopic (exact) mass is 440 g/mol. The van der Waals surface area contributed by atoms with Crippen LogP contribution in [0.3, 0.4) is 0 Å². The summed E-state index contributed by atoms with van der Waals surface area (Å²) in [5, 5.41) is 18.3. The molecule has 3 rings (SSSR count). The van der Waals surface area contributed by atoms with Crippen LogP contribution < -0.4 is 15.4 Å². The Morgan fingerprint density at radius 1 is 1.13 bits per heavy atom. The average Bonchev–Trinajstić information content (AvgIpc) is 3.20. The fraction of sp³-hybridized carbons (Fsp3) is 0.375. The number of aliphatic hydroxyl groups excluding tert-OH is 1. The van der Waals surface area contributed by atoms with Crippen molar-refractivity contribution in [3.05, 3.63) is 65.0 Å². The van der Waals surface area contributed by atoms with E-state index in [2.05, 4.69) is 33.7 Å². The largest absolute Gasteiger partial charge is 0.492 e. The first-order chi connectivity index (χ1) is 15.1. The van der Waals surface area contributed by atoms with E-state index in [4.69, 9.17) is 9.73 Å². The molecule has 0 fully saturated rings. The van der Waals surface area contributed by atoms with Gasteiger partial charge >= 0.3 is 0 Å². The van der Waals surface area contributed by atoms with Gasteiger partial charge in [-0.3, -0.25) is 0 Å². The van der Waals surface area contributed by atoms with Crippen molar-refractivity contribution in [2.24, 2.45) is 4.99 Å². The van der Waals surface area contributed by atoms with Crippen molar-refractivity contribution in [1.82, 2.24) is 15.5 Å². The van der Waals surface area contributed by atoms with Gasteiger partial charge in [0.1, 0.15) is 18.5 Å². The summed E-state index contributed by atoms with van der Waals surface area (Å²) in [4.78, 5) is 7.73. The molecule has 3 N–H and O–H groups in total. The summed E-state index contributed by atoms with van der Waals surface area (Å²) in [6.45, 7) is 5.14. The van der Waals surface area contributed by atoms with Crippen LogP contribution in [0.5, 0.6) is 5.75 Å². The number of hydrogen-bond acceptors (Lipinski definition) is 5. The lowest BCUT2D eigenvalue weighted by Crippen LogP contribution is -2.39. The number of benzene rings is 2. The summed E-state index contributed by atoms with van der Waals surface area (Å²) in [5.41, 5.74) is 1.03. The van der Waals surface area contributed by atoms with Crippen LogP contribution in [0.1, 0.15) is 23.5 Å². The summed E-state index contributed by atoms with van der Waals surface area (Å²) in [6, 6.07) is 18.2. The molecule has 2 aromatic carbocycles. The van der Waals surface area contributed by atoms with Crippen molar-refractivity contribution < 1.29 is 9.84 Å². The summed E-state index contributed by atoms with van der Waals surface area (Å²) < 4.78 is 7.12. The number of nitrogens with zero attached hydrogens (tertiary/aromatic N) is 2. The third-order valence-corrected chi connectivity index (χ3v) is 5.97. The van der Waals surface area contributed by atoms with Gasteiger partial charge in [0.05, 0.1) is 6.54 Å². The van der Waals surface area contributed by atoms with E-state index in [1.54, 1.807) is 11.3 Å². The lowest BCUT2D eigenvalue weighted by Gasteiger charge is -2.15. The third-order valence-electron chi connectivity index (χ3n) is 4.76. The van der Waals surface area contributed by atoms with E-state index in [9.17, 15) is 5.11 Å². The predicted molar refractivity (Wildman–Crippen MR) is 130 cm³/mol. The maximum atomic E-state index is 10.7. The maximum Gasteiger partial charge on any atom is 0.191 e. The van der Waals surface area contributed by atoms with Crippen molar-refractivity contribution in [3.63, 3.8) is 0 Å². The maximum absolute atomic E-state index is 10.7. The zero-order valence-corrected chi connectivity index (χ0v) is 19.3. The quantitative estimate of drug-likeness (QED) is 0.332. The van der Waals surface area contributed by atoms with Crippen LogP contribution >= 0.6 is 11.3 Å². The number of para-hydroxylation sites is 1. The molecule has 0 spiro atoms. The van der Waals surface area contributed by atoms with Gasteiger partial charge in [0.2, 0.25) is 0 Å². The highest BCUT2D eigenvalue weighted by molar-refractivity contribution is 7.19. The van der Waals surface area contributed by atoms with Crippen molar-refractivity contribution in [2.75, 3.05) is 40.3 Å². The molecule has 3 aromatic rings.